The molecule has 116 valence electrons. The molecule has 0 fully saturated rings. The molecular weight excluding hydrogens is 279 g/mol. The van der Waals surface area contributed by atoms with Gasteiger partial charge in [-0.25, -0.2) is 4.39 Å². The minimum atomic E-state index is -0.328. The third kappa shape index (κ3) is 2.92. The molecule has 0 spiro atoms. The third-order valence-corrected chi connectivity index (χ3v) is 3.88. The number of hydrogen-bond donors (Lipinski definition) is 1. The zero-order valence-electron chi connectivity index (χ0n) is 13.0. The van der Waals surface area contributed by atoms with Crippen molar-refractivity contribution in [2.45, 2.75) is 32.5 Å². The van der Waals surface area contributed by atoms with Crippen LogP contribution in [0.4, 0.5) is 10.1 Å². The molecule has 0 radical (unpaired) electrons. The first-order chi connectivity index (χ1) is 10.5. The highest BCUT2D eigenvalue weighted by Crippen LogP contribution is 2.38. The van der Waals surface area contributed by atoms with Crippen LogP contribution in [0.1, 0.15) is 25.0 Å². The molecule has 1 heterocycles. The maximum atomic E-state index is 14.0. The van der Waals surface area contributed by atoms with Crippen LogP contribution in [0.5, 0.6) is 5.75 Å². The van der Waals surface area contributed by atoms with Gasteiger partial charge in [-0.1, -0.05) is 24.3 Å². The predicted octanol–water partition coefficient (Wildman–Crippen LogP) is 3.46. The molecule has 0 aromatic heterocycles. The van der Waals surface area contributed by atoms with Gasteiger partial charge in [0.25, 0.3) is 0 Å². The second kappa shape index (κ2) is 5.61. The van der Waals surface area contributed by atoms with E-state index in [1.165, 1.54) is 6.07 Å². The van der Waals surface area contributed by atoms with Crippen LogP contribution in [0.25, 0.3) is 0 Å². The fraction of sp³-hybridized carbons (Fsp3) is 0.333. The fourth-order valence-corrected chi connectivity index (χ4v) is 2.88. The molecule has 0 amide bonds. The van der Waals surface area contributed by atoms with Gasteiger partial charge >= 0.3 is 0 Å². The van der Waals surface area contributed by atoms with E-state index in [2.05, 4.69) is 4.90 Å². The standard InChI is InChI=1S/C18H21FN2O/c1-18(2)12-21(11-14-5-3-4-6-15(14)19)16-8-7-13(10-20)9-17(16)22-18/h3-9H,10-12,20H2,1-2H3. The number of rotatable bonds is 3. The van der Waals surface area contributed by atoms with Crippen LogP contribution in [0, 0.1) is 5.82 Å². The van der Waals surface area contributed by atoms with Crippen molar-refractivity contribution in [3.63, 3.8) is 0 Å². The summed E-state index contributed by atoms with van der Waals surface area (Å²) < 4.78 is 20.0. The molecule has 3 nitrogen and oxygen atoms in total. The van der Waals surface area contributed by atoms with Crippen molar-refractivity contribution < 1.29 is 9.13 Å². The first-order valence-electron chi connectivity index (χ1n) is 7.49. The Labute approximate surface area is 130 Å². The van der Waals surface area contributed by atoms with E-state index in [0.717, 1.165) is 17.0 Å². The number of nitrogens with two attached hydrogens (primary N) is 1. The summed E-state index contributed by atoms with van der Waals surface area (Å²) in [6, 6.07) is 12.9. The van der Waals surface area contributed by atoms with Gasteiger partial charge in [0.05, 0.1) is 12.2 Å². The van der Waals surface area contributed by atoms with Crippen molar-refractivity contribution in [2.24, 2.45) is 5.73 Å². The van der Waals surface area contributed by atoms with Crippen molar-refractivity contribution in [3.05, 3.63) is 59.4 Å². The first kappa shape index (κ1) is 14.9. The molecule has 1 aliphatic heterocycles. The summed E-state index contributed by atoms with van der Waals surface area (Å²) >= 11 is 0. The smallest absolute Gasteiger partial charge is 0.143 e. The van der Waals surface area contributed by atoms with Gasteiger partial charge in [-0.15, -0.1) is 0 Å². The minimum absolute atomic E-state index is 0.174. The largest absolute Gasteiger partial charge is 0.484 e. The van der Waals surface area contributed by atoms with Crippen LogP contribution in [-0.4, -0.2) is 12.1 Å². The Bertz CT molecular complexity index is 685. The quantitative estimate of drug-likeness (QED) is 0.943. The Hall–Kier alpha value is -2.07. The lowest BCUT2D eigenvalue weighted by Gasteiger charge is -2.41. The maximum Gasteiger partial charge on any atom is 0.143 e. The van der Waals surface area contributed by atoms with E-state index in [-0.39, 0.29) is 11.4 Å². The summed E-state index contributed by atoms with van der Waals surface area (Å²) in [6.07, 6.45) is 0. The highest BCUT2D eigenvalue weighted by atomic mass is 19.1. The predicted molar refractivity (Wildman–Crippen MR) is 86.5 cm³/mol. The average Bonchev–Trinajstić information content (AvgIpc) is 2.47. The highest BCUT2D eigenvalue weighted by Gasteiger charge is 2.32. The Kier molecular flexibility index (Phi) is 3.79. The molecule has 0 unspecified atom stereocenters. The first-order valence-corrected chi connectivity index (χ1v) is 7.49. The van der Waals surface area contributed by atoms with Gasteiger partial charge in [0, 0.05) is 18.7 Å². The van der Waals surface area contributed by atoms with Gasteiger partial charge in [0.15, 0.2) is 0 Å². The number of anilines is 1. The summed E-state index contributed by atoms with van der Waals surface area (Å²) in [5, 5.41) is 0. The van der Waals surface area contributed by atoms with Crippen molar-refractivity contribution in [3.8, 4) is 5.75 Å². The van der Waals surface area contributed by atoms with E-state index in [9.17, 15) is 4.39 Å². The summed E-state index contributed by atoms with van der Waals surface area (Å²) in [4.78, 5) is 2.16. The molecule has 4 heteroatoms. The molecule has 2 N–H and O–H groups in total. The number of fused-ring (bicyclic) bond motifs is 1. The van der Waals surface area contributed by atoms with Gasteiger partial charge in [0.1, 0.15) is 17.2 Å². The van der Waals surface area contributed by atoms with E-state index in [4.69, 9.17) is 10.5 Å². The highest BCUT2D eigenvalue weighted by molar-refractivity contribution is 5.62. The average molecular weight is 300 g/mol. The van der Waals surface area contributed by atoms with Crippen molar-refractivity contribution >= 4 is 5.69 Å². The molecule has 2 aromatic carbocycles. The molecule has 22 heavy (non-hydrogen) atoms. The second-order valence-electron chi connectivity index (χ2n) is 6.32. The van der Waals surface area contributed by atoms with Gasteiger partial charge in [0.2, 0.25) is 0 Å². The molecule has 2 aromatic rings. The SMILES string of the molecule is CC1(C)CN(Cc2ccccc2F)c2ccc(CN)cc2O1. The molecule has 0 aliphatic carbocycles. The summed E-state index contributed by atoms with van der Waals surface area (Å²) in [5.41, 5.74) is 8.09. The molecule has 0 saturated carbocycles. The summed E-state index contributed by atoms with van der Waals surface area (Å²) in [7, 11) is 0. The van der Waals surface area contributed by atoms with Crippen LogP contribution in [-0.2, 0) is 13.1 Å². The second-order valence-corrected chi connectivity index (χ2v) is 6.32. The van der Waals surface area contributed by atoms with E-state index < -0.39 is 0 Å². The number of nitrogens with zero attached hydrogens (tertiary/aromatic N) is 1. The van der Waals surface area contributed by atoms with Gasteiger partial charge in [-0.05, 0) is 37.6 Å². The van der Waals surface area contributed by atoms with E-state index in [0.29, 0.717) is 25.2 Å². The van der Waals surface area contributed by atoms with Crippen LogP contribution >= 0.6 is 0 Å². The van der Waals surface area contributed by atoms with Crippen LogP contribution < -0.4 is 15.4 Å². The van der Waals surface area contributed by atoms with Crippen LogP contribution in [0.3, 0.4) is 0 Å². The molecule has 1 aliphatic rings. The number of halogens is 1. The normalized spacial score (nSPS) is 16.1. The Morgan fingerprint density at radius 3 is 2.73 bits per heavy atom. The van der Waals surface area contributed by atoms with E-state index in [1.54, 1.807) is 6.07 Å². The monoisotopic (exact) mass is 300 g/mol. The van der Waals surface area contributed by atoms with Gasteiger partial charge in [-0.3, -0.25) is 0 Å². The van der Waals surface area contributed by atoms with Gasteiger partial charge in [-0.2, -0.15) is 0 Å². The van der Waals surface area contributed by atoms with Crippen LogP contribution in [0.15, 0.2) is 42.5 Å². The summed E-state index contributed by atoms with van der Waals surface area (Å²) in [5.74, 6) is 0.641. The lowest BCUT2D eigenvalue weighted by molar-refractivity contribution is 0.104. The summed E-state index contributed by atoms with van der Waals surface area (Å²) in [6.45, 7) is 5.79. The van der Waals surface area contributed by atoms with Crippen molar-refractivity contribution in [2.75, 3.05) is 11.4 Å². The van der Waals surface area contributed by atoms with Gasteiger partial charge < -0.3 is 15.4 Å². The van der Waals surface area contributed by atoms with Crippen molar-refractivity contribution in [1.82, 2.24) is 0 Å². The number of benzene rings is 2. The maximum absolute atomic E-state index is 14.0. The molecule has 0 saturated heterocycles. The lowest BCUT2D eigenvalue weighted by Crippen LogP contribution is -2.46. The minimum Gasteiger partial charge on any atom is -0.484 e. The van der Waals surface area contributed by atoms with E-state index in [1.807, 2.05) is 44.2 Å². The van der Waals surface area contributed by atoms with E-state index >= 15 is 0 Å². The number of hydrogen-bond acceptors (Lipinski definition) is 3. The topological polar surface area (TPSA) is 38.5 Å². The van der Waals surface area contributed by atoms with Crippen LogP contribution in [0.2, 0.25) is 0 Å². The zero-order valence-corrected chi connectivity index (χ0v) is 13.0. The Balaban J connectivity index is 1.97. The third-order valence-electron chi connectivity index (χ3n) is 3.88. The molecular formula is C18H21FN2O. The number of ether oxygens (including phenoxy) is 1. The van der Waals surface area contributed by atoms with Crippen molar-refractivity contribution in [1.29, 1.82) is 0 Å². The molecule has 0 atom stereocenters. The molecule has 3 rings (SSSR count). The Morgan fingerprint density at radius 1 is 1.23 bits per heavy atom. The molecule has 0 bridgehead atoms. The zero-order chi connectivity index (χ0) is 15.7. The fourth-order valence-electron chi connectivity index (χ4n) is 2.88. The lowest BCUT2D eigenvalue weighted by atomic mass is 10.0. The Morgan fingerprint density at radius 2 is 2.00 bits per heavy atom.